The molecule has 1 heterocycles. The van der Waals surface area contributed by atoms with Crippen molar-refractivity contribution in [2.75, 3.05) is 10.6 Å². The number of anilines is 2. The lowest BCUT2D eigenvalue weighted by atomic mass is 10.0. The lowest BCUT2D eigenvalue weighted by Gasteiger charge is -2.09. The molecule has 0 atom stereocenters. The van der Waals surface area contributed by atoms with E-state index < -0.39 is 17.7 Å². The molecule has 2 N–H and O–H groups in total. The van der Waals surface area contributed by atoms with Gasteiger partial charge in [0.2, 0.25) is 0 Å². The zero-order valence-electron chi connectivity index (χ0n) is 13.6. The number of nitriles is 1. The number of pyridine rings is 1. The molecular weight excluding hydrogens is 374 g/mol. The standard InChI is InChI=1S/C19H11ClF2N4O/c20-18-17(10-23)16(5-6-24-18)11-1-3-14(4-2-11)25-19(27)26-15-8-12(21)7-13(22)9-15/h1-9H,(H2,25,26,27). The van der Waals surface area contributed by atoms with Crippen molar-refractivity contribution >= 4 is 29.0 Å². The quantitative estimate of drug-likeness (QED) is 0.609. The highest BCUT2D eigenvalue weighted by molar-refractivity contribution is 6.31. The van der Waals surface area contributed by atoms with Crippen molar-refractivity contribution < 1.29 is 13.6 Å². The van der Waals surface area contributed by atoms with E-state index in [0.717, 1.165) is 12.1 Å². The van der Waals surface area contributed by atoms with Crippen LogP contribution in [-0.2, 0) is 0 Å². The molecule has 5 nitrogen and oxygen atoms in total. The first-order valence-corrected chi connectivity index (χ1v) is 8.03. The molecule has 27 heavy (non-hydrogen) atoms. The highest BCUT2D eigenvalue weighted by Crippen LogP contribution is 2.28. The van der Waals surface area contributed by atoms with Gasteiger partial charge < -0.3 is 10.6 Å². The minimum absolute atomic E-state index is 0.00768. The molecule has 0 aliphatic heterocycles. The van der Waals surface area contributed by atoms with E-state index in [-0.39, 0.29) is 16.4 Å². The van der Waals surface area contributed by atoms with Gasteiger partial charge in [0, 0.05) is 29.2 Å². The molecule has 0 unspecified atom stereocenters. The first-order chi connectivity index (χ1) is 13.0. The summed E-state index contributed by atoms with van der Waals surface area (Å²) < 4.78 is 26.3. The Bertz CT molecular complexity index is 1030. The van der Waals surface area contributed by atoms with E-state index in [1.165, 1.54) is 6.20 Å². The molecule has 3 rings (SSSR count). The van der Waals surface area contributed by atoms with E-state index in [0.29, 0.717) is 22.9 Å². The first kappa shape index (κ1) is 18.3. The Balaban J connectivity index is 1.74. The van der Waals surface area contributed by atoms with Gasteiger partial charge in [0.25, 0.3) is 0 Å². The van der Waals surface area contributed by atoms with Gasteiger partial charge in [-0.2, -0.15) is 5.26 Å². The number of nitrogens with one attached hydrogen (secondary N) is 2. The molecule has 0 radical (unpaired) electrons. The Morgan fingerprint density at radius 2 is 1.63 bits per heavy atom. The highest BCUT2D eigenvalue weighted by atomic mass is 35.5. The van der Waals surface area contributed by atoms with Gasteiger partial charge in [0.05, 0.1) is 5.56 Å². The molecule has 2 amide bonds. The number of carbonyl (C=O) groups excluding carboxylic acids is 1. The van der Waals surface area contributed by atoms with Crippen molar-refractivity contribution in [3.8, 4) is 17.2 Å². The summed E-state index contributed by atoms with van der Waals surface area (Å²) in [7, 11) is 0. The van der Waals surface area contributed by atoms with Crippen molar-refractivity contribution in [2.45, 2.75) is 0 Å². The number of carbonyl (C=O) groups is 1. The average Bonchev–Trinajstić information content (AvgIpc) is 2.61. The molecule has 8 heteroatoms. The van der Waals surface area contributed by atoms with Gasteiger partial charge in [-0.15, -0.1) is 0 Å². The van der Waals surface area contributed by atoms with Gasteiger partial charge in [-0.1, -0.05) is 23.7 Å². The number of aromatic nitrogens is 1. The molecule has 2 aromatic carbocycles. The molecular formula is C19H11ClF2N4O. The Labute approximate surface area is 158 Å². The van der Waals surface area contributed by atoms with E-state index in [1.54, 1.807) is 30.3 Å². The lowest BCUT2D eigenvalue weighted by molar-refractivity contribution is 0.262. The Hall–Kier alpha value is -3.50. The van der Waals surface area contributed by atoms with Crippen molar-refractivity contribution in [1.29, 1.82) is 5.26 Å². The van der Waals surface area contributed by atoms with Crippen molar-refractivity contribution in [3.63, 3.8) is 0 Å². The number of nitrogens with zero attached hydrogens (tertiary/aromatic N) is 2. The number of amides is 2. The van der Waals surface area contributed by atoms with Crippen LogP contribution in [0.15, 0.2) is 54.7 Å². The number of hydrogen-bond acceptors (Lipinski definition) is 3. The molecule has 0 spiro atoms. The molecule has 3 aromatic rings. The normalized spacial score (nSPS) is 10.1. The fourth-order valence-corrected chi connectivity index (χ4v) is 2.64. The summed E-state index contributed by atoms with van der Waals surface area (Å²) in [4.78, 5) is 15.8. The summed E-state index contributed by atoms with van der Waals surface area (Å²) in [6.07, 6.45) is 1.50. The van der Waals surface area contributed by atoms with Gasteiger partial charge in [-0.25, -0.2) is 18.6 Å². The average molecular weight is 385 g/mol. The van der Waals surface area contributed by atoms with E-state index in [9.17, 15) is 18.8 Å². The summed E-state index contributed by atoms with van der Waals surface area (Å²) in [5.74, 6) is -1.59. The number of urea groups is 1. The Kier molecular flexibility index (Phi) is 5.29. The number of hydrogen-bond donors (Lipinski definition) is 2. The molecule has 0 aliphatic carbocycles. The van der Waals surface area contributed by atoms with Crippen LogP contribution in [0.5, 0.6) is 0 Å². The zero-order valence-corrected chi connectivity index (χ0v) is 14.4. The fourth-order valence-electron chi connectivity index (χ4n) is 2.44. The van der Waals surface area contributed by atoms with E-state index in [4.69, 9.17) is 11.6 Å². The molecule has 0 saturated heterocycles. The largest absolute Gasteiger partial charge is 0.323 e. The van der Waals surface area contributed by atoms with Crippen LogP contribution in [0.2, 0.25) is 5.15 Å². The molecule has 1 aromatic heterocycles. The fraction of sp³-hybridized carbons (Fsp3) is 0. The van der Waals surface area contributed by atoms with Crippen LogP contribution in [0.4, 0.5) is 25.0 Å². The zero-order chi connectivity index (χ0) is 19.4. The Morgan fingerprint density at radius 1 is 1.00 bits per heavy atom. The number of benzene rings is 2. The van der Waals surface area contributed by atoms with Crippen LogP contribution in [-0.4, -0.2) is 11.0 Å². The van der Waals surface area contributed by atoms with Crippen LogP contribution in [0.1, 0.15) is 5.56 Å². The van der Waals surface area contributed by atoms with Gasteiger partial charge in [0.15, 0.2) is 0 Å². The minimum Gasteiger partial charge on any atom is -0.308 e. The van der Waals surface area contributed by atoms with Crippen LogP contribution in [0.25, 0.3) is 11.1 Å². The van der Waals surface area contributed by atoms with E-state index >= 15 is 0 Å². The van der Waals surface area contributed by atoms with Crippen molar-refractivity contribution in [3.05, 3.63) is 77.1 Å². The summed E-state index contributed by atoms with van der Waals surface area (Å²) in [6, 6.07) is 12.4. The van der Waals surface area contributed by atoms with Crippen LogP contribution >= 0.6 is 11.6 Å². The second-order valence-electron chi connectivity index (χ2n) is 5.45. The van der Waals surface area contributed by atoms with E-state index in [2.05, 4.69) is 15.6 Å². The van der Waals surface area contributed by atoms with Crippen molar-refractivity contribution in [2.24, 2.45) is 0 Å². The molecule has 0 saturated carbocycles. The monoisotopic (exact) mass is 384 g/mol. The number of halogens is 3. The molecule has 0 fully saturated rings. The number of rotatable bonds is 3. The van der Waals surface area contributed by atoms with Gasteiger partial charge in [0.1, 0.15) is 22.9 Å². The SMILES string of the molecule is N#Cc1c(-c2ccc(NC(=O)Nc3cc(F)cc(F)c3)cc2)ccnc1Cl. The molecule has 134 valence electrons. The Morgan fingerprint density at radius 3 is 2.26 bits per heavy atom. The first-order valence-electron chi connectivity index (χ1n) is 7.65. The minimum atomic E-state index is -0.793. The maximum Gasteiger partial charge on any atom is 0.323 e. The summed E-state index contributed by atoms with van der Waals surface area (Å²) >= 11 is 5.93. The third-order valence-electron chi connectivity index (χ3n) is 3.59. The van der Waals surface area contributed by atoms with Crippen LogP contribution in [0.3, 0.4) is 0 Å². The molecule has 0 aliphatic rings. The van der Waals surface area contributed by atoms with Gasteiger partial charge in [-0.3, -0.25) is 0 Å². The summed E-state index contributed by atoms with van der Waals surface area (Å²) in [5, 5.41) is 14.2. The third-order valence-corrected chi connectivity index (χ3v) is 3.88. The third kappa shape index (κ3) is 4.37. The van der Waals surface area contributed by atoms with E-state index in [1.807, 2.05) is 6.07 Å². The van der Waals surface area contributed by atoms with Gasteiger partial charge in [-0.05, 0) is 35.9 Å². The topological polar surface area (TPSA) is 77.8 Å². The second-order valence-corrected chi connectivity index (χ2v) is 5.81. The van der Waals surface area contributed by atoms with Gasteiger partial charge >= 0.3 is 6.03 Å². The maximum absolute atomic E-state index is 13.2. The molecule has 0 bridgehead atoms. The predicted octanol–water partition coefficient (Wildman–Crippen LogP) is 5.20. The smallest absolute Gasteiger partial charge is 0.308 e. The van der Waals surface area contributed by atoms with Crippen LogP contribution < -0.4 is 10.6 Å². The second kappa shape index (κ2) is 7.81. The summed E-state index contributed by atoms with van der Waals surface area (Å²) in [6.45, 7) is 0. The lowest BCUT2D eigenvalue weighted by Crippen LogP contribution is -2.19. The van der Waals surface area contributed by atoms with Crippen LogP contribution in [0, 0.1) is 23.0 Å². The highest BCUT2D eigenvalue weighted by Gasteiger charge is 2.10. The predicted molar refractivity (Wildman–Crippen MR) is 98.4 cm³/mol. The summed E-state index contributed by atoms with van der Waals surface area (Å²) in [5.41, 5.74) is 2.03. The maximum atomic E-state index is 13.2. The van der Waals surface area contributed by atoms with Crippen molar-refractivity contribution in [1.82, 2.24) is 4.98 Å².